The first-order valence-corrected chi connectivity index (χ1v) is 3.83. The van der Waals surface area contributed by atoms with Crippen LogP contribution in [0.25, 0.3) is 0 Å². The Morgan fingerprint density at radius 3 is 2.73 bits per heavy atom. The Labute approximate surface area is 67.2 Å². The van der Waals surface area contributed by atoms with Crippen LogP contribution < -0.4 is 0 Å². The lowest BCUT2D eigenvalue weighted by Gasteiger charge is -2.17. The minimum atomic E-state index is 0.0859. The van der Waals surface area contributed by atoms with Crippen LogP contribution in [-0.2, 0) is 4.79 Å². The first kappa shape index (κ1) is 8.05. The SMILES string of the molecule is CC(=O)N(C)C1=CCCC=C1. The normalized spacial score (nSPS) is 16.0. The van der Waals surface area contributed by atoms with Crippen molar-refractivity contribution in [3.63, 3.8) is 0 Å². The fraction of sp³-hybridized carbons (Fsp3) is 0.444. The van der Waals surface area contributed by atoms with E-state index in [-0.39, 0.29) is 5.91 Å². The van der Waals surface area contributed by atoms with Crippen molar-refractivity contribution in [3.8, 4) is 0 Å². The molecule has 1 aliphatic carbocycles. The van der Waals surface area contributed by atoms with E-state index < -0.39 is 0 Å². The van der Waals surface area contributed by atoms with Gasteiger partial charge in [0.25, 0.3) is 0 Å². The third kappa shape index (κ3) is 1.93. The van der Waals surface area contributed by atoms with Gasteiger partial charge in [-0.1, -0.05) is 12.2 Å². The molecule has 0 radical (unpaired) electrons. The standard InChI is InChI=1S/C9H13NO/c1-8(11)10(2)9-6-4-3-5-7-9/h4,6-7H,3,5H2,1-2H3. The highest BCUT2D eigenvalue weighted by atomic mass is 16.2. The summed E-state index contributed by atoms with van der Waals surface area (Å²) in [6.45, 7) is 1.57. The van der Waals surface area contributed by atoms with Crippen LogP contribution in [0.1, 0.15) is 19.8 Å². The van der Waals surface area contributed by atoms with Crippen LogP contribution >= 0.6 is 0 Å². The summed E-state index contributed by atoms with van der Waals surface area (Å²) in [7, 11) is 1.80. The molecule has 2 heteroatoms. The fourth-order valence-corrected chi connectivity index (χ4v) is 1.03. The summed E-state index contributed by atoms with van der Waals surface area (Å²) in [6, 6.07) is 0. The molecule has 1 rings (SSSR count). The summed E-state index contributed by atoms with van der Waals surface area (Å²) >= 11 is 0. The largest absolute Gasteiger partial charge is 0.316 e. The number of allylic oxidation sites excluding steroid dienone is 3. The summed E-state index contributed by atoms with van der Waals surface area (Å²) in [6.07, 6.45) is 8.31. The summed E-state index contributed by atoms with van der Waals surface area (Å²) in [5.41, 5.74) is 1.02. The predicted octanol–water partition coefficient (Wildman–Crippen LogP) is 1.70. The lowest BCUT2D eigenvalue weighted by atomic mass is 10.1. The molecule has 11 heavy (non-hydrogen) atoms. The van der Waals surface area contributed by atoms with E-state index in [2.05, 4.69) is 12.2 Å². The highest BCUT2D eigenvalue weighted by Crippen LogP contribution is 2.12. The third-order valence-electron chi connectivity index (χ3n) is 1.84. The van der Waals surface area contributed by atoms with E-state index in [9.17, 15) is 4.79 Å². The molecular formula is C9H13NO. The maximum absolute atomic E-state index is 10.9. The molecule has 2 nitrogen and oxygen atoms in total. The molecule has 1 amide bonds. The molecule has 1 aliphatic rings. The van der Waals surface area contributed by atoms with Crippen LogP contribution in [0.2, 0.25) is 0 Å². The van der Waals surface area contributed by atoms with Crippen LogP contribution in [0.15, 0.2) is 23.9 Å². The molecule has 60 valence electrons. The Balaban J connectivity index is 2.66. The van der Waals surface area contributed by atoms with Crippen LogP contribution in [0.5, 0.6) is 0 Å². The molecule has 0 spiro atoms. The molecule has 0 bridgehead atoms. The van der Waals surface area contributed by atoms with Gasteiger partial charge >= 0.3 is 0 Å². The third-order valence-corrected chi connectivity index (χ3v) is 1.84. The van der Waals surface area contributed by atoms with Gasteiger partial charge in [-0.15, -0.1) is 0 Å². The monoisotopic (exact) mass is 151 g/mol. The maximum Gasteiger partial charge on any atom is 0.223 e. The fourth-order valence-electron chi connectivity index (χ4n) is 1.03. The van der Waals surface area contributed by atoms with Gasteiger partial charge < -0.3 is 4.90 Å². The smallest absolute Gasteiger partial charge is 0.223 e. The Kier molecular flexibility index (Phi) is 2.47. The van der Waals surface area contributed by atoms with Crippen molar-refractivity contribution in [2.75, 3.05) is 7.05 Å². The molecule has 0 aliphatic heterocycles. The van der Waals surface area contributed by atoms with E-state index in [0.717, 1.165) is 18.5 Å². The van der Waals surface area contributed by atoms with Gasteiger partial charge in [-0.3, -0.25) is 4.79 Å². The van der Waals surface area contributed by atoms with Crippen molar-refractivity contribution in [2.24, 2.45) is 0 Å². The number of carbonyl (C=O) groups excluding carboxylic acids is 1. The number of hydrogen-bond donors (Lipinski definition) is 0. The van der Waals surface area contributed by atoms with Gasteiger partial charge in [0.2, 0.25) is 5.91 Å². The number of rotatable bonds is 1. The number of hydrogen-bond acceptors (Lipinski definition) is 1. The first-order chi connectivity index (χ1) is 5.22. The average Bonchev–Trinajstić information content (AvgIpc) is 2.05. The molecule has 0 N–H and O–H groups in total. The van der Waals surface area contributed by atoms with E-state index in [1.54, 1.807) is 18.9 Å². The van der Waals surface area contributed by atoms with Crippen LogP contribution in [0.3, 0.4) is 0 Å². The predicted molar refractivity (Wildman–Crippen MR) is 44.9 cm³/mol. The van der Waals surface area contributed by atoms with Gasteiger partial charge in [0.15, 0.2) is 0 Å². The average molecular weight is 151 g/mol. The highest BCUT2D eigenvalue weighted by Gasteiger charge is 2.06. The second kappa shape index (κ2) is 3.37. The number of amides is 1. The zero-order chi connectivity index (χ0) is 8.27. The highest BCUT2D eigenvalue weighted by molar-refractivity contribution is 5.75. The molecule has 0 aromatic heterocycles. The topological polar surface area (TPSA) is 20.3 Å². The molecule has 0 aromatic rings. The molecular weight excluding hydrogens is 138 g/mol. The molecule has 0 heterocycles. The first-order valence-electron chi connectivity index (χ1n) is 3.83. The molecule has 0 aromatic carbocycles. The van der Waals surface area contributed by atoms with Crippen molar-refractivity contribution < 1.29 is 4.79 Å². The maximum atomic E-state index is 10.9. The molecule has 0 unspecified atom stereocenters. The Bertz CT molecular complexity index is 216. The minimum Gasteiger partial charge on any atom is -0.316 e. The zero-order valence-electron chi connectivity index (χ0n) is 7.00. The van der Waals surface area contributed by atoms with E-state index in [0.29, 0.717) is 0 Å². The van der Waals surface area contributed by atoms with Crippen molar-refractivity contribution in [1.29, 1.82) is 0 Å². The van der Waals surface area contributed by atoms with Crippen molar-refractivity contribution >= 4 is 5.91 Å². The van der Waals surface area contributed by atoms with E-state index >= 15 is 0 Å². The van der Waals surface area contributed by atoms with Gasteiger partial charge in [0.1, 0.15) is 0 Å². The second-order valence-electron chi connectivity index (χ2n) is 2.69. The Morgan fingerprint density at radius 1 is 1.55 bits per heavy atom. The summed E-state index contributed by atoms with van der Waals surface area (Å²) in [5, 5.41) is 0. The quantitative estimate of drug-likeness (QED) is 0.558. The number of likely N-dealkylation sites (N-methyl/N-ethyl adjacent to an activating group) is 1. The van der Waals surface area contributed by atoms with Crippen molar-refractivity contribution in [2.45, 2.75) is 19.8 Å². The van der Waals surface area contributed by atoms with E-state index in [1.807, 2.05) is 6.08 Å². The Morgan fingerprint density at radius 2 is 2.27 bits per heavy atom. The minimum absolute atomic E-state index is 0.0859. The molecule has 0 atom stereocenters. The summed E-state index contributed by atoms with van der Waals surface area (Å²) in [5.74, 6) is 0.0859. The molecule has 0 fully saturated rings. The second-order valence-corrected chi connectivity index (χ2v) is 2.69. The van der Waals surface area contributed by atoms with Gasteiger partial charge in [0.05, 0.1) is 0 Å². The van der Waals surface area contributed by atoms with Crippen molar-refractivity contribution in [1.82, 2.24) is 4.90 Å². The summed E-state index contributed by atoms with van der Waals surface area (Å²) < 4.78 is 0. The molecule has 0 saturated heterocycles. The van der Waals surface area contributed by atoms with Gasteiger partial charge in [-0.05, 0) is 18.9 Å². The van der Waals surface area contributed by atoms with Crippen molar-refractivity contribution in [3.05, 3.63) is 23.9 Å². The number of nitrogens with zero attached hydrogens (tertiary/aromatic N) is 1. The lowest BCUT2D eigenvalue weighted by Crippen LogP contribution is -2.22. The lowest BCUT2D eigenvalue weighted by molar-refractivity contribution is -0.125. The van der Waals surface area contributed by atoms with Gasteiger partial charge in [0, 0.05) is 19.7 Å². The summed E-state index contributed by atoms with van der Waals surface area (Å²) in [4.78, 5) is 12.6. The molecule has 0 saturated carbocycles. The van der Waals surface area contributed by atoms with Gasteiger partial charge in [-0.2, -0.15) is 0 Å². The van der Waals surface area contributed by atoms with Gasteiger partial charge in [-0.25, -0.2) is 0 Å². The van der Waals surface area contributed by atoms with Crippen LogP contribution in [0, 0.1) is 0 Å². The Hall–Kier alpha value is -1.05. The van der Waals surface area contributed by atoms with Crippen LogP contribution in [-0.4, -0.2) is 17.9 Å². The zero-order valence-corrected chi connectivity index (χ0v) is 7.00. The van der Waals surface area contributed by atoms with E-state index in [4.69, 9.17) is 0 Å². The number of carbonyl (C=O) groups is 1. The van der Waals surface area contributed by atoms with Crippen LogP contribution in [0.4, 0.5) is 0 Å². The van der Waals surface area contributed by atoms with E-state index in [1.165, 1.54) is 0 Å².